The zero-order valence-electron chi connectivity index (χ0n) is 13.0. The van der Waals surface area contributed by atoms with Crippen LogP contribution in [0.5, 0.6) is 0 Å². The number of carbonyl (C=O) groups is 1. The zero-order chi connectivity index (χ0) is 17.1. The van der Waals surface area contributed by atoms with Gasteiger partial charge in [-0.2, -0.15) is 0 Å². The van der Waals surface area contributed by atoms with Gasteiger partial charge in [0.05, 0.1) is 5.56 Å². The molecule has 24 heavy (non-hydrogen) atoms. The van der Waals surface area contributed by atoms with Crippen molar-refractivity contribution in [3.05, 3.63) is 68.8 Å². The number of amides is 1. The van der Waals surface area contributed by atoms with Crippen LogP contribution in [-0.2, 0) is 6.54 Å². The summed E-state index contributed by atoms with van der Waals surface area (Å²) in [5.41, 5.74) is 0.883. The molecule has 1 saturated heterocycles. The number of piperazine rings is 1. The highest BCUT2D eigenvalue weighted by Gasteiger charge is 2.22. The molecule has 126 valence electrons. The summed E-state index contributed by atoms with van der Waals surface area (Å²) < 4.78 is 13.2. The van der Waals surface area contributed by atoms with Crippen LogP contribution in [0.3, 0.4) is 0 Å². The van der Waals surface area contributed by atoms with E-state index in [1.807, 2.05) is 6.07 Å². The molecule has 1 aromatic carbocycles. The zero-order valence-corrected chi connectivity index (χ0v) is 13.7. The standard InChI is InChI=1S/C17H17ClFN3O2/c18-15-9-13(10-20-16(15)23)17(24)22-6-4-21(5-7-22)11-12-2-1-3-14(19)8-12/h1-3,8-10H,4-7,11H2,(H,20,23). The maximum Gasteiger partial charge on any atom is 0.266 e. The molecule has 1 N–H and O–H groups in total. The first-order valence-electron chi connectivity index (χ1n) is 7.67. The van der Waals surface area contributed by atoms with E-state index in [4.69, 9.17) is 11.6 Å². The van der Waals surface area contributed by atoms with Crippen molar-refractivity contribution in [1.82, 2.24) is 14.8 Å². The molecule has 1 aromatic heterocycles. The van der Waals surface area contributed by atoms with Gasteiger partial charge in [0.1, 0.15) is 10.8 Å². The second kappa shape index (κ2) is 7.15. The van der Waals surface area contributed by atoms with Crippen LogP contribution in [0.25, 0.3) is 0 Å². The van der Waals surface area contributed by atoms with Gasteiger partial charge in [0.15, 0.2) is 0 Å². The molecule has 0 spiro atoms. The summed E-state index contributed by atoms with van der Waals surface area (Å²) in [4.78, 5) is 30.1. The van der Waals surface area contributed by atoms with Crippen molar-refractivity contribution in [2.45, 2.75) is 6.54 Å². The van der Waals surface area contributed by atoms with E-state index in [-0.39, 0.29) is 16.7 Å². The highest BCUT2D eigenvalue weighted by Crippen LogP contribution is 2.13. The van der Waals surface area contributed by atoms with Crippen molar-refractivity contribution in [3.8, 4) is 0 Å². The number of aromatic amines is 1. The van der Waals surface area contributed by atoms with E-state index < -0.39 is 5.56 Å². The quantitative estimate of drug-likeness (QED) is 0.923. The van der Waals surface area contributed by atoms with Crippen molar-refractivity contribution < 1.29 is 9.18 Å². The van der Waals surface area contributed by atoms with Gasteiger partial charge in [-0.25, -0.2) is 4.39 Å². The van der Waals surface area contributed by atoms with Crippen LogP contribution in [0.1, 0.15) is 15.9 Å². The van der Waals surface area contributed by atoms with Gasteiger partial charge in [-0.05, 0) is 23.8 Å². The van der Waals surface area contributed by atoms with E-state index in [1.165, 1.54) is 24.4 Å². The van der Waals surface area contributed by atoms with Crippen LogP contribution in [0.15, 0.2) is 41.3 Å². The minimum Gasteiger partial charge on any atom is -0.336 e. The summed E-state index contributed by atoms with van der Waals surface area (Å²) in [6, 6.07) is 7.93. The molecule has 1 fully saturated rings. The summed E-state index contributed by atoms with van der Waals surface area (Å²) in [6.07, 6.45) is 1.38. The molecule has 0 unspecified atom stereocenters. The van der Waals surface area contributed by atoms with Gasteiger partial charge in [-0.3, -0.25) is 14.5 Å². The van der Waals surface area contributed by atoms with Crippen molar-refractivity contribution in [2.24, 2.45) is 0 Å². The largest absolute Gasteiger partial charge is 0.336 e. The third kappa shape index (κ3) is 3.83. The Morgan fingerprint density at radius 2 is 1.96 bits per heavy atom. The van der Waals surface area contributed by atoms with E-state index in [1.54, 1.807) is 11.0 Å². The number of pyridine rings is 1. The monoisotopic (exact) mass is 349 g/mol. The van der Waals surface area contributed by atoms with Gasteiger partial charge in [0.2, 0.25) is 0 Å². The molecule has 0 aliphatic carbocycles. The molecular weight excluding hydrogens is 333 g/mol. The van der Waals surface area contributed by atoms with Crippen LogP contribution in [0.4, 0.5) is 4.39 Å². The summed E-state index contributed by atoms with van der Waals surface area (Å²) in [7, 11) is 0. The number of benzene rings is 1. The van der Waals surface area contributed by atoms with Gasteiger partial charge < -0.3 is 9.88 Å². The molecule has 2 aromatic rings. The molecule has 1 aliphatic heterocycles. The molecule has 7 heteroatoms. The smallest absolute Gasteiger partial charge is 0.266 e. The average Bonchev–Trinajstić information content (AvgIpc) is 2.57. The third-order valence-corrected chi connectivity index (χ3v) is 4.34. The first-order valence-corrected chi connectivity index (χ1v) is 8.05. The molecule has 2 heterocycles. The Kier molecular flexibility index (Phi) is 4.97. The summed E-state index contributed by atoms with van der Waals surface area (Å²) >= 11 is 5.77. The van der Waals surface area contributed by atoms with E-state index in [2.05, 4.69) is 9.88 Å². The van der Waals surface area contributed by atoms with Gasteiger partial charge in [0.25, 0.3) is 11.5 Å². The number of rotatable bonds is 3. The Morgan fingerprint density at radius 3 is 2.62 bits per heavy atom. The number of nitrogens with one attached hydrogen (secondary N) is 1. The normalized spacial score (nSPS) is 15.5. The minimum absolute atomic E-state index is 0.00518. The van der Waals surface area contributed by atoms with Crippen LogP contribution >= 0.6 is 11.6 Å². The first-order chi connectivity index (χ1) is 11.5. The Hall–Kier alpha value is -2.18. The number of H-pyrrole nitrogens is 1. The van der Waals surface area contributed by atoms with Crippen molar-refractivity contribution in [2.75, 3.05) is 26.2 Å². The fourth-order valence-electron chi connectivity index (χ4n) is 2.76. The highest BCUT2D eigenvalue weighted by molar-refractivity contribution is 6.30. The predicted molar refractivity (Wildman–Crippen MR) is 89.7 cm³/mol. The maximum absolute atomic E-state index is 13.2. The predicted octanol–water partition coefficient (Wildman–Crippen LogP) is 2.13. The first kappa shape index (κ1) is 16.7. The highest BCUT2D eigenvalue weighted by atomic mass is 35.5. The Balaban J connectivity index is 1.59. The summed E-state index contributed by atoms with van der Waals surface area (Å²) in [5, 5.41) is 0.00518. The van der Waals surface area contributed by atoms with Crippen LogP contribution < -0.4 is 5.56 Å². The molecule has 3 rings (SSSR count). The SMILES string of the molecule is O=C(c1c[nH]c(=O)c(Cl)c1)N1CCN(Cc2cccc(F)c2)CC1. The number of aromatic nitrogens is 1. The number of hydrogen-bond donors (Lipinski definition) is 1. The van der Waals surface area contributed by atoms with Crippen molar-refractivity contribution in [3.63, 3.8) is 0 Å². The van der Waals surface area contributed by atoms with Crippen molar-refractivity contribution >= 4 is 17.5 Å². The van der Waals surface area contributed by atoms with Gasteiger partial charge >= 0.3 is 0 Å². The summed E-state index contributed by atoms with van der Waals surface area (Å²) in [6.45, 7) is 3.22. The molecule has 0 radical (unpaired) electrons. The van der Waals surface area contributed by atoms with E-state index in [9.17, 15) is 14.0 Å². The summed E-state index contributed by atoms with van der Waals surface area (Å²) in [5.74, 6) is -0.394. The lowest BCUT2D eigenvalue weighted by Crippen LogP contribution is -2.48. The second-order valence-corrected chi connectivity index (χ2v) is 6.17. The Bertz CT molecular complexity index is 800. The number of halogens is 2. The molecule has 0 saturated carbocycles. The number of nitrogens with zero attached hydrogens (tertiary/aromatic N) is 2. The van der Waals surface area contributed by atoms with Crippen molar-refractivity contribution in [1.29, 1.82) is 0 Å². The molecule has 0 bridgehead atoms. The molecule has 1 aliphatic rings. The molecule has 1 amide bonds. The molecule has 5 nitrogen and oxygen atoms in total. The Morgan fingerprint density at radius 1 is 1.21 bits per heavy atom. The van der Waals surface area contributed by atoms with E-state index in [0.29, 0.717) is 38.3 Å². The topological polar surface area (TPSA) is 56.4 Å². The van der Waals surface area contributed by atoms with E-state index >= 15 is 0 Å². The Labute approximate surface area is 143 Å². The fraction of sp³-hybridized carbons (Fsp3) is 0.294. The lowest BCUT2D eigenvalue weighted by atomic mass is 10.2. The average molecular weight is 350 g/mol. The second-order valence-electron chi connectivity index (χ2n) is 5.76. The van der Waals surface area contributed by atoms with Crippen LogP contribution in [0, 0.1) is 5.82 Å². The minimum atomic E-state index is -0.409. The van der Waals surface area contributed by atoms with Gasteiger partial charge in [-0.15, -0.1) is 0 Å². The van der Waals surface area contributed by atoms with E-state index in [0.717, 1.165) is 5.56 Å². The lowest BCUT2D eigenvalue weighted by Gasteiger charge is -2.34. The van der Waals surface area contributed by atoms with Gasteiger partial charge in [0, 0.05) is 38.9 Å². The number of hydrogen-bond acceptors (Lipinski definition) is 3. The maximum atomic E-state index is 13.2. The molecule has 0 atom stereocenters. The molecular formula is C17H17ClFN3O2. The van der Waals surface area contributed by atoms with Gasteiger partial charge in [-0.1, -0.05) is 23.7 Å². The number of carbonyl (C=O) groups excluding carboxylic acids is 1. The van der Waals surface area contributed by atoms with Crippen LogP contribution in [-0.4, -0.2) is 46.9 Å². The van der Waals surface area contributed by atoms with Crippen LogP contribution in [0.2, 0.25) is 5.02 Å². The third-order valence-electron chi connectivity index (χ3n) is 4.06. The lowest BCUT2D eigenvalue weighted by molar-refractivity contribution is 0.0628. The fourth-order valence-corrected chi connectivity index (χ4v) is 2.94.